The summed E-state index contributed by atoms with van der Waals surface area (Å²) in [5.74, 6) is 1.07. The minimum absolute atomic E-state index is 0.135. The zero-order chi connectivity index (χ0) is 17.0. The number of amides is 2. The van der Waals surface area contributed by atoms with Gasteiger partial charge in [-0.05, 0) is 24.3 Å². The SMILES string of the molecule is O=C(CCOc1ccccc1)NCCNC(=O)Oc1ccccc1. The van der Waals surface area contributed by atoms with E-state index in [9.17, 15) is 9.59 Å². The molecule has 6 heteroatoms. The van der Waals surface area contributed by atoms with E-state index in [4.69, 9.17) is 9.47 Å². The molecule has 126 valence electrons. The number of carbonyl (C=O) groups excluding carboxylic acids is 2. The fraction of sp³-hybridized carbons (Fsp3) is 0.222. The summed E-state index contributed by atoms with van der Waals surface area (Å²) < 4.78 is 10.5. The Labute approximate surface area is 140 Å². The van der Waals surface area contributed by atoms with E-state index in [0.29, 0.717) is 18.9 Å². The van der Waals surface area contributed by atoms with E-state index < -0.39 is 6.09 Å². The number of hydrogen-bond acceptors (Lipinski definition) is 4. The number of benzene rings is 2. The molecule has 0 aliphatic heterocycles. The average molecular weight is 328 g/mol. The fourth-order valence-corrected chi connectivity index (χ4v) is 1.86. The molecule has 0 bridgehead atoms. The summed E-state index contributed by atoms with van der Waals surface area (Å²) in [6.07, 6.45) is -0.300. The normalized spacial score (nSPS) is 9.83. The minimum Gasteiger partial charge on any atom is -0.493 e. The predicted octanol–water partition coefficient (Wildman–Crippen LogP) is 2.36. The second-order valence-corrected chi connectivity index (χ2v) is 4.89. The van der Waals surface area contributed by atoms with E-state index in [1.165, 1.54) is 0 Å². The van der Waals surface area contributed by atoms with Gasteiger partial charge < -0.3 is 20.1 Å². The minimum atomic E-state index is -0.553. The third kappa shape index (κ3) is 6.83. The molecule has 0 unspecified atom stereocenters. The number of nitrogens with one attached hydrogen (secondary N) is 2. The summed E-state index contributed by atoms with van der Waals surface area (Å²) in [5, 5.41) is 5.26. The Morgan fingerprint density at radius 1 is 0.792 bits per heavy atom. The zero-order valence-corrected chi connectivity index (χ0v) is 13.2. The van der Waals surface area contributed by atoms with Crippen molar-refractivity contribution < 1.29 is 19.1 Å². The van der Waals surface area contributed by atoms with E-state index in [0.717, 1.165) is 5.75 Å². The van der Waals surface area contributed by atoms with Gasteiger partial charge in [0, 0.05) is 13.1 Å². The summed E-state index contributed by atoms with van der Waals surface area (Å²) in [6, 6.07) is 18.1. The van der Waals surface area contributed by atoms with Gasteiger partial charge in [-0.25, -0.2) is 4.79 Å². The van der Waals surface area contributed by atoms with Gasteiger partial charge in [-0.2, -0.15) is 0 Å². The van der Waals surface area contributed by atoms with Crippen LogP contribution >= 0.6 is 0 Å². The molecule has 0 aromatic heterocycles. The molecule has 0 radical (unpaired) electrons. The maximum atomic E-state index is 11.6. The van der Waals surface area contributed by atoms with Crippen LogP contribution in [0.5, 0.6) is 11.5 Å². The Kier molecular flexibility index (Phi) is 7.14. The highest BCUT2D eigenvalue weighted by atomic mass is 16.6. The van der Waals surface area contributed by atoms with Gasteiger partial charge in [0.15, 0.2) is 0 Å². The number of carbonyl (C=O) groups is 2. The van der Waals surface area contributed by atoms with Crippen molar-refractivity contribution in [2.24, 2.45) is 0 Å². The number of para-hydroxylation sites is 2. The van der Waals surface area contributed by atoms with Crippen LogP contribution in [-0.2, 0) is 4.79 Å². The van der Waals surface area contributed by atoms with Gasteiger partial charge in [-0.1, -0.05) is 36.4 Å². The average Bonchev–Trinajstić information content (AvgIpc) is 2.60. The molecule has 0 aliphatic rings. The highest BCUT2D eigenvalue weighted by Crippen LogP contribution is 2.08. The van der Waals surface area contributed by atoms with Crippen LogP contribution in [0.4, 0.5) is 4.79 Å². The molecule has 0 aliphatic carbocycles. The molecule has 2 rings (SSSR count). The van der Waals surface area contributed by atoms with Crippen molar-refractivity contribution in [1.82, 2.24) is 10.6 Å². The Morgan fingerprint density at radius 2 is 1.38 bits per heavy atom. The number of rotatable bonds is 8. The number of hydrogen-bond donors (Lipinski definition) is 2. The summed E-state index contributed by atoms with van der Waals surface area (Å²) in [5.41, 5.74) is 0. The molecule has 0 saturated heterocycles. The van der Waals surface area contributed by atoms with Gasteiger partial charge in [-0.3, -0.25) is 4.79 Å². The molecule has 2 N–H and O–H groups in total. The zero-order valence-electron chi connectivity index (χ0n) is 13.2. The molecule has 0 atom stereocenters. The lowest BCUT2D eigenvalue weighted by atomic mass is 10.3. The maximum Gasteiger partial charge on any atom is 0.412 e. The molecular weight excluding hydrogens is 308 g/mol. The van der Waals surface area contributed by atoms with E-state index in [2.05, 4.69) is 10.6 Å². The number of ether oxygens (including phenoxy) is 2. The molecule has 6 nitrogen and oxygen atoms in total. The highest BCUT2D eigenvalue weighted by molar-refractivity contribution is 5.76. The molecular formula is C18H20N2O4. The van der Waals surface area contributed by atoms with E-state index in [-0.39, 0.29) is 18.9 Å². The van der Waals surface area contributed by atoms with Crippen LogP contribution in [-0.4, -0.2) is 31.7 Å². The van der Waals surface area contributed by atoms with Gasteiger partial charge in [0.05, 0.1) is 13.0 Å². The molecule has 2 amide bonds. The first-order valence-electron chi connectivity index (χ1n) is 7.69. The summed E-state index contributed by atoms with van der Waals surface area (Å²) in [6.45, 7) is 0.921. The van der Waals surface area contributed by atoms with E-state index in [1.807, 2.05) is 36.4 Å². The van der Waals surface area contributed by atoms with Crippen LogP contribution in [0.2, 0.25) is 0 Å². The van der Waals surface area contributed by atoms with Crippen LogP contribution in [0.25, 0.3) is 0 Å². The molecule has 2 aromatic rings. The van der Waals surface area contributed by atoms with Crippen LogP contribution in [0.1, 0.15) is 6.42 Å². The van der Waals surface area contributed by atoms with Crippen LogP contribution in [0, 0.1) is 0 Å². The first kappa shape index (κ1) is 17.3. The third-order valence-electron chi connectivity index (χ3n) is 3.01. The van der Waals surface area contributed by atoms with Crippen LogP contribution in [0.15, 0.2) is 60.7 Å². The standard InChI is InChI=1S/C18H20N2O4/c21-17(11-14-23-15-7-3-1-4-8-15)19-12-13-20-18(22)24-16-9-5-2-6-10-16/h1-10H,11-14H2,(H,19,21)(H,20,22). The summed E-state index contributed by atoms with van der Waals surface area (Å²) in [4.78, 5) is 23.2. The van der Waals surface area contributed by atoms with Gasteiger partial charge >= 0.3 is 6.09 Å². The maximum absolute atomic E-state index is 11.6. The molecule has 0 spiro atoms. The topological polar surface area (TPSA) is 76.7 Å². The lowest BCUT2D eigenvalue weighted by Crippen LogP contribution is -2.36. The van der Waals surface area contributed by atoms with Gasteiger partial charge in [0.2, 0.25) is 5.91 Å². The molecule has 2 aromatic carbocycles. The molecule has 24 heavy (non-hydrogen) atoms. The van der Waals surface area contributed by atoms with Crippen LogP contribution < -0.4 is 20.1 Å². The van der Waals surface area contributed by atoms with Gasteiger partial charge in [0.25, 0.3) is 0 Å². The molecule has 0 heterocycles. The Morgan fingerprint density at radius 3 is 2.04 bits per heavy atom. The van der Waals surface area contributed by atoms with Crippen molar-refractivity contribution in [2.75, 3.05) is 19.7 Å². The first-order chi connectivity index (χ1) is 11.7. The summed E-state index contributed by atoms with van der Waals surface area (Å²) in [7, 11) is 0. The van der Waals surface area contributed by atoms with E-state index >= 15 is 0 Å². The van der Waals surface area contributed by atoms with Crippen molar-refractivity contribution >= 4 is 12.0 Å². The smallest absolute Gasteiger partial charge is 0.412 e. The fourth-order valence-electron chi connectivity index (χ4n) is 1.86. The Balaban J connectivity index is 1.52. The van der Waals surface area contributed by atoms with Crippen LogP contribution in [0.3, 0.4) is 0 Å². The summed E-state index contributed by atoms with van der Waals surface area (Å²) >= 11 is 0. The second-order valence-electron chi connectivity index (χ2n) is 4.89. The predicted molar refractivity (Wildman–Crippen MR) is 90.0 cm³/mol. The third-order valence-corrected chi connectivity index (χ3v) is 3.01. The lowest BCUT2D eigenvalue weighted by molar-refractivity contribution is -0.121. The second kappa shape index (κ2) is 9.89. The monoisotopic (exact) mass is 328 g/mol. The van der Waals surface area contributed by atoms with E-state index in [1.54, 1.807) is 24.3 Å². The Hall–Kier alpha value is -3.02. The largest absolute Gasteiger partial charge is 0.493 e. The van der Waals surface area contributed by atoms with Crippen molar-refractivity contribution in [3.8, 4) is 11.5 Å². The van der Waals surface area contributed by atoms with Crippen molar-refractivity contribution in [2.45, 2.75) is 6.42 Å². The highest BCUT2D eigenvalue weighted by Gasteiger charge is 2.04. The Bertz CT molecular complexity index is 632. The van der Waals surface area contributed by atoms with Crippen molar-refractivity contribution in [3.63, 3.8) is 0 Å². The van der Waals surface area contributed by atoms with Gasteiger partial charge in [-0.15, -0.1) is 0 Å². The first-order valence-corrected chi connectivity index (χ1v) is 7.69. The quantitative estimate of drug-likeness (QED) is 0.729. The lowest BCUT2D eigenvalue weighted by Gasteiger charge is -2.08. The molecule has 0 saturated carbocycles. The molecule has 0 fully saturated rings. The van der Waals surface area contributed by atoms with Crippen molar-refractivity contribution in [1.29, 1.82) is 0 Å². The van der Waals surface area contributed by atoms with Gasteiger partial charge in [0.1, 0.15) is 11.5 Å². The van der Waals surface area contributed by atoms with Crippen molar-refractivity contribution in [3.05, 3.63) is 60.7 Å².